The summed E-state index contributed by atoms with van der Waals surface area (Å²) in [7, 11) is 1.32. The van der Waals surface area contributed by atoms with Crippen molar-refractivity contribution in [1.82, 2.24) is 5.32 Å². The molecule has 342 valence electrons. The van der Waals surface area contributed by atoms with Crippen LogP contribution in [0, 0.1) is 0 Å². The highest BCUT2D eigenvalue weighted by Gasteiger charge is 2.24. The largest absolute Gasteiger partial charge is 0.756 e. The number of hydrogen-bond donors (Lipinski definition) is 2. The Morgan fingerprint density at radius 1 is 0.544 bits per heavy atom. The third-order valence-electron chi connectivity index (χ3n) is 11.6. The second-order valence-electron chi connectivity index (χ2n) is 18.5. The molecule has 0 fully saturated rings. The van der Waals surface area contributed by atoms with E-state index in [1.54, 1.807) is 0 Å². The van der Waals surface area contributed by atoms with Gasteiger partial charge in [0.25, 0.3) is 7.82 Å². The average molecular weight is 831 g/mol. The molecule has 0 aliphatic heterocycles. The van der Waals surface area contributed by atoms with Crippen molar-refractivity contribution in [2.75, 3.05) is 40.9 Å². The SMILES string of the molecule is CCCCCCCCCCCCCCCCCCCCCCC(=O)NC(COP(=O)([O-])OCC[N+](C)(C)C)C(O)CCCCCCCCCCCCCCCCC. The first kappa shape index (κ1) is 56.5. The standard InChI is InChI=1S/C48H99N2O6P/c1-6-8-10-12-14-16-18-20-22-23-24-25-26-28-30-32-34-36-38-40-42-48(52)49-46(45-56-57(53,54)55-44-43-50(3,4)5)47(51)41-39-37-35-33-31-29-27-21-19-17-15-13-11-9-7-2/h46-47,51H,6-45H2,1-5H3,(H-,49,52,53,54). The number of likely N-dealkylation sites (N-methyl/N-ethyl adjacent to an activating group) is 1. The summed E-state index contributed by atoms with van der Waals surface area (Å²) < 4.78 is 23.3. The molecule has 9 heteroatoms. The number of nitrogens with zero attached hydrogens (tertiary/aromatic N) is 1. The molecule has 0 aromatic heterocycles. The van der Waals surface area contributed by atoms with Crippen molar-refractivity contribution in [3.63, 3.8) is 0 Å². The van der Waals surface area contributed by atoms with Gasteiger partial charge in [-0.1, -0.05) is 232 Å². The van der Waals surface area contributed by atoms with Crippen LogP contribution in [0.3, 0.4) is 0 Å². The zero-order valence-corrected chi connectivity index (χ0v) is 39.7. The number of hydrogen-bond acceptors (Lipinski definition) is 6. The molecule has 0 aromatic rings. The molecular weight excluding hydrogens is 732 g/mol. The number of carbonyl (C=O) groups is 1. The highest BCUT2D eigenvalue weighted by Crippen LogP contribution is 2.38. The highest BCUT2D eigenvalue weighted by molar-refractivity contribution is 7.45. The van der Waals surface area contributed by atoms with Crippen LogP contribution in [0.4, 0.5) is 0 Å². The minimum atomic E-state index is -4.56. The quantitative estimate of drug-likeness (QED) is 0.0359. The van der Waals surface area contributed by atoms with Gasteiger partial charge in [0, 0.05) is 6.42 Å². The Morgan fingerprint density at radius 3 is 1.19 bits per heavy atom. The molecule has 3 unspecified atom stereocenters. The lowest BCUT2D eigenvalue weighted by atomic mass is 10.0. The summed E-state index contributed by atoms with van der Waals surface area (Å²) in [4.78, 5) is 25.4. The van der Waals surface area contributed by atoms with Gasteiger partial charge in [-0.05, 0) is 12.8 Å². The molecule has 0 spiro atoms. The van der Waals surface area contributed by atoms with Gasteiger partial charge in [0.15, 0.2) is 0 Å². The van der Waals surface area contributed by atoms with Crippen LogP contribution in [0.25, 0.3) is 0 Å². The number of nitrogens with one attached hydrogen (secondary N) is 1. The van der Waals surface area contributed by atoms with E-state index < -0.39 is 20.0 Å². The van der Waals surface area contributed by atoms with Gasteiger partial charge in [0.05, 0.1) is 39.9 Å². The molecule has 57 heavy (non-hydrogen) atoms. The lowest BCUT2D eigenvalue weighted by molar-refractivity contribution is -0.870. The van der Waals surface area contributed by atoms with Gasteiger partial charge in [0.1, 0.15) is 13.2 Å². The van der Waals surface area contributed by atoms with Crippen molar-refractivity contribution in [3.8, 4) is 0 Å². The first-order valence-electron chi connectivity index (χ1n) is 24.9. The van der Waals surface area contributed by atoms with Crippen LogP contribution < -0.4 is 10.2 Å². The summed E-state index contributed by atoms with van der Waals surface area (Å²) in [5.74, 6) is -0.159. The van der Waals surface area contributed by atoms with Gasteiger partial charge < -0.3 is 28.8 Å². The Hall–Kier alpha value is -0.500. The minimum Gasteiger partial charge on any atom is -0.756 e. The van der Waals surface area contributed by atoms with Crippen molar-refractivity contribution in [2.24, 2.45) is 0 Å². The number of aliphatic hydroxyl groups excluding tert-OH is 1. The van der Waals surface area contributed by atoms with Gasteiger partial charge >= 0.3 is 0 Å². The van der Waals surface area contributed by atoms with Crippen LogP contribution in [0.1, 0.15) is 251 Å². The second kappa shape index (κ2) is 40.9. The molecule has 0 saturated heterocycles. The van der Waals surface area contributed by atoms with Gasteiger partial charge in [-0.2, -0.15) is 0 Å². The van der Waals surface area contributed by atoms with E-state index in [0.717, 1.165) is 38.5 Å². The van der Waals surface area contributed by atoms with E-state index in [9.17, 15) is 19.4 Å². The lowest BCUT2D eigenvalue weighted by Crippen LogP contribution is -2.46. The number of rotatable bonds is 46. The Balaban J connectivity index is 4.22. The predicted octanol–water partition coefficient (Wildman–Crippen LogP) is 13.5. The molecule has 0 saturated carbocycles. The second-order valence-corrected chi connectivity index (χ2v) is 19.9. The molecule has 0 heterocycles. The van der Waals surface area contributed by atoms with Crippen molar-refractivity contribution in [1.29, 1.82) is 0 Å². The van der Waals surface area contributed by atoms with Crippen molar-refractivity contribution >= 4 is 13.7 Å². The van der Waals surface area contributed by atoms with Crippen LogP contribution in [-0.4, -0.2) is 68.5 Å². The fraction of sp³-hybridized carbons (Fsp3) is 0.979. The average Bonchev–Trinajstić information content (AvgIpc) is 3.16. The van der Waals surface area contributed by atoms with Gasteiger partial charge in [0.2, 0.25) is 5.91 Å². The number of phosphoric ester groups is 1. The van der Waals surface area contributed by atoms with Crippen molar-refractivity contribution < 1.29 is 32.9 Å². The number of unbranched alkanes of at least 4 members (excludes halogenated alkanes) is 33. The molecule has 0 bridgehead atoms. The van der Waals surface area contributed by atoms with Crippen molar-refractivity contribution in [3.05, 3.63) is 0 Å². The number of aliphatic hydroxyl groups is 1. The number of amides is 1. The fourth-order valence-corrected chi connectivity index (χ4v) is 8.35. The summed E-state index contributed by atoms with van der Waals surface area (Å²) in [5.41, 5.74) is 0. The molecular formula is C48H99N2O6P. The topological polar surface area (TPSA) is 108 Å². The van der Waals surface area contributed by atoms with Crippen LogP contribution in [0.15, 0.2) is 0 Å². The predicted molar refractivity (Wildman–Crippen MR) is 243 cm³/mol. The lowest BCUT2D eigenvalue weighted by Gasteiger charge is -2.30. The van der Waals surface area contributed by atoms with E-state index in [2.05, 4.69) is 19.2 Å². The van der Waals surface area contributed by atoms with E-state index >= 15 is 0 Å². The molecule has 0 radical (unpaired) electrons. The summed E-state index contributed by atoms with van der Waals surface area (Å²) in [6.07, 6.45) is 45.3. The smallest absolute Gasteiger partial charge is 0.268 e. The third kappa shape index (κ3) is 43.4. The van der Waals surface area contributed by atoms with Gasteiger partial charge in [-0.25, -0.2) is 0 Å². The maximum Gasteiger partial charge on any atom is 0.268 e. The van der Waals surface area contributed by atoms with Gasteiger partial charge in [-0.3, -0.25) is 9.36 Å². The normalized spacial score (nSPS) is 14.2. The minimum absolute atomic E-state index is 0.0163. The first-order valence-corrected chi connectivity index (χ1v) is 26.3. The summed E-state index contributed by atoms with van der Waals surface area (Å²) in [6, 6.07) is -0.793. The molecule has 0 aliphatic rings. The van der Waals surface area contributed by atoms with E-state index in [0.29, 0.717) is 23.9 Å². The monoisotopic (exact) mass is 831 g/mol. The van der Waals surface area contributed by atoms with Gasteiger partial charge in [-0.15, -0.1) is 0 Å². The maximum atomic E-state index is 12.9. The molecule has 3 atom stereocenters. The van der Waals surface area contributed by atoms with Crippen LogP contribution in [-0.2, 0) is 18.4 Å². The zero-order valence-electron chi connectivity index (χ0n) is 38.8. The third-order valence-corrected chi connectivity index (χ3v) is 12.6. The molecule has 2 N–H and O–H groups in total. The highest BCUT2D eigenvalue weighted by atomic mass is 31.2. The first-order chi connectivity index (χ1) is 27.5. The van der Waals surface area contributed by atoms with Crippen LogP contribution in [0.5, 0.6) is 0 Å². The molecule has 0 aromatic carbocycles. The fourth-order valence-electron chi connectivity index (χ4n) is 7.63. The summed E-state index contributed by atoms with van der Waals surface area (Å²) >= 11 is 0. The maximum absolute atomic E-state index is 12.9. The molecule has 8 nitrogen and oxygen atoms in total. The molecule has 0 aliphatic carbocycles. The van der Waals surface area contributed by atoms with Crippen LogP contribution >= 0.6 is 7.82 Å². The molecule has 1 amide bonds. The van der Waals surface area contributed by atoms with E-state index in [1.165, 1.54) is 186 Å². The Bertz CT molecular complexity index is 901. The van der Waals surface area contributed by atoms with E-state index in [4.69, 9.17) is 9.05 Å². The van der Waals surface area contributed by atoms with E-state index in [1.807, 2.05) is 21.1 Å². The zero-order chi connectivity index (χ0) is 42.1. The number of quaternary nitrogens is 1. The Labute approximate surface area is 355 Å². The molecule has 0 rings (SSSR count). The summed E-state index contributed by atoms with van der Waals surface area (Å²) in [6.45, 7) is 4.76. The summed E-state index contributed by atoms with van der Waals surface area (Å²) in [5, 5.41) is 14.0. The Kier molecular flexibility index (Phi) is 40.5. The number of phosphoric acid groups is 1. The van der Waals surface area contributed by atoms with E-state index in [-0.39, 0.29) is 19.1 Å². The number of carbonyl (C=O) groups excluding carboxylic acids is 1. The Morgan fingerprint density at radius 2 is 0.860 bits per heavy atom. The van der Waals surface area contributed by atoms with Crippen molar-refractivity contribution in [2.45, 2.75) is 264 Å². The van der Waals surface area contributed by atoms with Crippen LogP contribution in [0.2, 0.25) is 0 Å².